The third-order valence-electron chi connectivity index (χ3n) is 3.35. The van der Waals surface area contributed by atoms with Crippen molar-refractivity contribution < 1.29 is 10.2 Å². The van der Waals surface area contributed by atoms with Gasteiger partial charge < -0.3 is 14.8 Å². The molecule has 0 aliphatic heterocycles. The Morgan fingerprint density at radius 3 is 2.52 bits per heavy atom. The Labute approximate surface area is 122 Å². The Bertz CT molecular complexity index is 816. The third-order valence-corrected chi connectivity index (χ3v) is 3.35. The largest absolute Gasteiger partial charge is 0.508 e. The summed E-state index contributed by atoms with van der Waals surface area (Å²) in [6.45, 7) is 6.24. The van der Waals surface area contributed by atoms with E-state index in [1.807, 2.05) is 6.07 Å². The van der Waals surface area contributed by atoms with Crippen LogP contribution in [-0.2, 0) is 5.54 Å². The molecule has 0 atom stereocenters. The van der Waals surface area contributed by atoms with Gasteiger partial charge >= 0.3 is 0 Å². The van der Waals surface area contributed by atoms with Gasteiger partial charge in [0.2, 0.25) is 0 Å². The van der Waals surface area contributed by atoms with E-state index < -0.39 is 0 Å². The minimum Gasteiger partial charge on any atom is -0.508 e. The molecular weight excluding hydrogens is 266 g/mol. The number of aromatic nitrogens is 3. The zero-order valence-corrected chi connectivity index (χ0v) is 12.2. The summed E-state index contributed by atoms with van der Waals surface area (Å²) >= 11 is 0. The van der Waals surface area contributed by atoms with Crippen LogP contribution in [0.5, 0.6) is 11.5 Å². The molecular formula is C16H17N3O2. The number of rotatable bonds is 1. The maximum absolute atomic E-state index is 10.1. The predicted octanol–water partition coefficient (Wildman–Crippen LogP) is 3.26. The summed E-state index contributed by atoms with van der Waals surface area (Å²) in [5.74, 6) is 0.683. The van der Waals surface area contributed by atoms with Crippen molar-refractivity contribution in [2.75, 3.05) is 0 Å². The van der Waals surface area contributed by atoms with Gasteiger partial charge in [-0.05, 0) is 39.0 Å². The van der Waals surface area contributed by atoms with Gasteiger partial charge in [0, 0.05) is 17.8 Å². The standard InChI is InChI=1S/C16H17N3O2/c1-16(2,3)19-13-6-7-17-9-12(13)18-15(19)11-5-4-10(20)8-14(11)21/h4-9,20-21H,1-3H3. The first-order chi connectivity index (χ1) is 9.88. The van der Waals surface area contributed by atoms with Crippen LogP contribution >= 0.6 is 0 Å². The van der Waals surface area contributed by atoms with Crippen LogP contribution in [0.15, 0.2) is 36.7 Å². The lowest BCUT2D eigenvalue weighted by Gasteiger charge is -2.25. The molecule has 2 heterocycles. The average Bonchev–Trinajstić information content (AvgIpc) is 2.77. The van der Waals surface area contributed by atoms with Crippen LogP contribution in [0.3, 0.4) is 0 Å². The molecule has 5 heteroatoms. The Morgan fingerprint density at radius 1 is 1.10 bits per heavy atom. The van der Waals surface area contributed by atoms with Crippen LogP contribution in [0, 0.1) is 0 Å². The summed E-state index contributed by atoms with van der Waals surface area (Å²) < 4.78 is 2.07. The molecule has 0 amide bonds. The molecule has 5 nitrogen and oxygen atoms in total. The number of hydrogen-bond acceptors (Lipinski definition) is 4. The van der Waals surface area contributed by atoms with E-state index in [-0.39, 0.29) is 17.0 Å². The van der Waals surface area contributed by atoms with E-state index in [2.05, 4.69) is 35.3 Å². The highest BCUT2D eigenvalue weighted by atomic mass is 16.3. The first-order valence-corrected chi connectivity index (χ1v) is 6.73. The van der Waals surface area contributed by atoms with Crippen molar-refractivity contribution >= 4 is 11.0 Å². The van der Waals surface area contributed by atoms with Crippen molar-refractivity contribution in [3.63, 3.8) is 0 Å². The molecule has 0 aliphatic rings. The second kappa shape index (κ2) is 4.48. The maximum Gasteiger partial charge on any atom is 0.145 e. The monoisotopic (exact) mass is 283 g/mol. The van der Waals surface area contributed by atoms with E-state index in [0.29, 0.717) is 11.4 Å². The van der Waals surface area contributed by atoms with Gasteiger partial charge in [0.1, 0.15) is 22.8 Å². The summed E-state index contributed by atoms with van der Waals surface area (Å²) in [6, 6.07) is 6.44. The molecule has 108 valence electrons. The van der Waals surface area contributed by atoms with E-state index >= 15 is 0 Å². The van der Waals surface area contributed by atoms with Gasteiger partial charge in [-0.1, -0.05) is 0 Å². The van der Waals surface area contributed by atoms with Crippen molar-refractivity contribution in [3.05, 3.63) is 36.7 Å². The summed E-state index contributed by atoms with van der Waals surface area (Å²) in [5, 5.41) is 19.6. The van der Waals surface area contributed by atoms with E-state index in [1.165, 1.54) is 6.07 Å². The molecule has 0 radical (unpaired) electrons. The van der Waals surface area contributed by atoms with Crippen molar-refractivity contribution in [3.8, 4) is 22.9 Å². The van der Waals surface area contributed by atoms with Gasteiger partial charge in [-0.15, -0.1) is 0 Å². The number of imidazole rings is 1. The van der Waals surface area contributed by atoms with E-state index in [4.69, 9.17) is 0 Å². The molecule has 1 aromatic carbocycles. The summed E-state index contributed by atoms with van der Waals surface area (Å²) in [7, 11) is 0. The zero-order valence-electron chi connectivity index (χ0n) is 12.2. The smallest absolute Gasteiger partial charge is 0.145 e. The first kappa shape index (κ1) is 13.4. The Morgan fingerprint density at radius 2 is 1.86 bits per heavy atom. The van der Waals surface area contributed by atoms with Crippen LogP contribution in [-0.4, -0.2) is 24.7 Å². The van der Waals surface area contributed by atoms with Gasteiger partial charge in [0.25, 0.3) is 0 Å². The summed E-state index contributed by atoms with van der Waals surface area (Å²) in [5.41, 5.74) is 2.10. The van der Waals surface area contributed by atoms with Crippen LogP contribution in [0.25, 0.3) is 22.4 Å². The highest BCUT2D eigenvalue weighted by Crippen LogP contribution is 2.36. The van der Waals surface area contributed by atoms with Gasteiger partial charge in [-0.2, -0.15) is 0 Å². The fourth-order valence-electron chi connectivity index (χ4n) is 2.50. The van der Waals surface area contributed by atoms with Crippen molar-refractivity contribution in [1.29, 1.82) is 0 Å². The SMILES string of the molecule is CC(C)(C)n1c(-c2ccc(O)cc2O)nc2cnccc21. The summed E-state index contributed by atoms with van der Waals surface area (Å²) in [6.07, 6.45) is 3.44. The van der Waals surface area contributed by atoms with Gasteiger partial charge in [0.15, 0.2) is 0 Å². The van der Waals surface area contributed by atoms with Crippen molar-refractivity contribution in [2.45, 2.75) is 26.3 Å². The fraction of sp³-hybridized carbons (Fsp3) is 0.250. The Kier molecular flexibility index (Phi) is 2.86. The fourth-order valence-corrected chi connectivity index (χ4v) is 2.50. The topological polar surface area (TPSA) is 71.2 Å². The number of phenols is 2. The molecule has 0 spiro atoms. The maximum atomic E-state index is 10.1. The number of phenolic OH excluding ortho intramolecular Hbond substituents is 2. The predicted molar refractivity (Wildman–Crippen MR) is 81.3 cm³/mol. The quantitative estimate of drug-likeness (QED) is 0.719. The molecule has 0 saturated heterocycles. The molecule has 3 rings (SSSR count). The van der Waals surface area contributed by atoms with Crippen LogP contribution in [0.4, 0.5) is 0 Å². The minimum absolute atomic E-state index is 0.00349. The molecule has 0 saturated carbocycles. The second-order valence-electron chi connectivity index (χ2n) is 6.01. The number of fused-ring (bicyclic) bond motifs is 1. The van der Waals surface area contributed by atoms with E-state index in [0.717, 1.165) is 11.0 Å². The molecule has 0 fully saturated rings. The normalized spacial score (nSPS) is 12.0. The van der Waals surface area contributed by atoms with Gasteiger partial charge in [-0.25, -0.2) is 4.98 Å². The van der Waals surface area contributed by atoms with Crippen LogP contribution in [0.1, 0.15) is 20.8 Å². The number of nitrogens with zero attached hydrogens (tertiary/aromatic N) is 3. The van der Waals surface area contributed by atoms with Crippen molar-refractivity contribution in [2.24, 2.45) is 0 Å². The van der Waals surface area contributed by atoms with Gasteiger partial charge in [0.05, 0.1) is 17.3 Å². The minimum atomic E-state index is -0.213. The number of pyridine rings is 1. The highest BCUT2D eigenvalue weighted by molar-refractivity contribution is 5.81. The molecule has 0 bridgehead atoms. The lowest BCUT2D eigenvalue weighted by atomic mass is 10.1. The van der Waals surface area contributed by atoms with Gasteiger partial charge in [-0.3, -0.25) is 4.98 Å². The number of hydrogen-bond donors (Lipinski definition) is 2. The van der Waals surface area contributed by atoms with E-state index in [9.17, 15) is 10.2 Å². The lowest BCUT2D eigenvalue weighted by Crippen LogP contribution is -2.22. The van der Waals surface area contributed by atoms with Crippen LogP contribution < -0.4 is 0 Å². The van der Waals surface area contributed by atoms with E-state index in [1.54, 1.807) is 24.5 Å². The van der Waals surface area contributed by atoms with Crippen LogP contribution in [0.2, 0.25) is 0 Å². The Balaban J connectivity index is 2.37. The first-order valence-electron chi connectivity index (χ1n) is 6.73. The summed E-state index contributed by atoms with van der Waals surface area (Å²) in [4.78, 5) is 8.70. The average molecular weight is 283 g/mol. The number of benzene rings is 1. The molecule has 2 N–H and O–H groups in total. The molecule has 0 unspecified atom stereocenters. The third kappa shape index (κ3) is 2.20. The molecule has 21 heavy (non-hydrogen) atoms. The zero-order chi connectivity index (χ0) is 15.2. The molecule has 3 aromatic rings. The highest BCUT2D eigenvalue weighted by Gasteiger charge is 2.23. The number of aromatic hydroxyl groups is 2. The lowest BCUT2D eigenvalue weighted by molar-refractivity contribution is 0.411. The second-order valence-corrected chi connectivity index (χ2v) is 6.01. The van der Waals surface area contributed by atoms with Crippen molar-refractivity contribution in [1.82, 2.24) is 14.5 Å². The molecule has 2 aromatic heterocycles. The molecule has 0 aliphatic carbocycles. The Hall–Kier alpha value is -2.56.